The number of aryl methyl sites for hydroxylation is 1. The predicted octanol–water partition coefficient (Wildman–Crippen LogP) is 10.6. The number of aromatic nitrogens is 4. The molecule has 0 atom stereocenters. The number of nitrogens with zero attached hydrogens (tertiary/aromatic N) is 5. The van der Waals surface area contributed by atoms with E-state index >= 15 is 0 Å². The normalized spacial score (nSPS) is 12.6. The summed E-state index contributed by atoms with van der Waals surface area (Å²) in [6.45, 7) is 29.1. The van der Waals surface area contributed by atoms with Gasteiger partial charge in [-0.25, -0.2) is 0 Å². The predicted molar refractivity (Wildman–Crippen MR) is 193 cm³/mol. The molecule has 0 spiro atoms. The first kappa shape index (κ1) is 36.4. The van der Waals surface area contributed by atoms with E-state index in [1.807, 2.05) is 27.7 Å². The van der Waals surface area contributed by atoms with Crippen molar-refractivity contribution in [1.82, 2.24) is 19.6 Å². The van der Waals surface area contributed by atoms with Gasteiger partial charge in [0.2, 0.25) is 0 Å². The summed E-state index contributed by atoms with van der Waals surface area (Å²) in [6.07, 6.45) is 2.02. The van der Waals surface area contributed by atoms with Crippen molar-refractivity contribution in [3.05, 3.63) is 113 Å². The molecule has 0 amide bonds. The van der Waals surface area contributed by atoms with Gasteiger partial charge in [0.25, 0.3) is 0 Å². The molecule has 47 heavy (non-hydrogen) atoms. The fraction of sp³-hybridized carbons (Fsp3) is 0.415. The van der Waals surface area contributed by atoms with Crippen LogP contribution < -0.4 is 4.90 Å². The number of benzene rings is 3. The monoisotopic (exact) mass is 808 g/mol. The van der Waals surface area contributed by atoms with Gasteiger partial charge in [-0.3, -0.25) is 14.3 Å². The molecule has 0 aliphatic carbocycles. The third-order valence-corrected chi connectivity index (χ3v) is 8.60. The van der Waals surface area contributed by atoms with Gasteiger partial charge in [0.15, 0.2) is 11.6 Å². The Hall–Kier alpha value is -3.43. The molecule has 0 unspecified atom stereocenters. The van der Waals surface area contributed by atoms with Crippen molar-refractivity contribution in [3.8, 4) is 11.4 Å². The van der Waals surface area contributed by atoms with Crippen LogP contribution in [0.25, 0.3) is 11.4 Å². The first-order chi connectivity index (χ1) is 21.2. The van der Waals surface area contributed by atoms with Crippen molar-refractivity contribution in [2.24, 2.45) is 0 Å². The second-order valence-corrected chi connectivity index (χ2v) is 16.7. The molecule has 0 N–H and O–H groups in total. The molecule has 0 saturated heterocycles. The van der Waals surface area contributed by atoms with Gasteiger partial charge < -0.3 is 0 Å². The molecule has 0 saturated carbocycles. The van der Waals surface area contributed by atoms with Crippen LogP contribution in [-0.2, 0) is 42.7 Å². The summed E-state index contributed by atoms with van der Waals surface area (Å²) in [5.74, 6) is 1.59. The van der Waals surface area contributed by atoms with Crippen LogP contribution in [0.4, 0.5) is 17.3 Å². The molecule has 5 aromatic rings. The molecule has 3 aromatic carbocycles. The Bertz CT molecular complexity index is 1820. The summed E-state index contributed by atoms with van der Waals surface area (Å²) < 4.78 is 3.91. The van der Waals surface area contributed by atoms with E-state index in [1.54, 1.807) is 0 Å². The molecular weight excluding hydrogens is 758 g/mol. The van der Waals surface area contributed by atoms with Crippen LogP contribution in [0.5, 0.6) is 0 Å². The minimum atomic E-state index is -0.0406. The zero-order valence-corrected chi connectivity index (χ0v) is 32.8. The van der Waals surface area contributed by atoms with Gasteiger partial charge in [-0.2, -0.15) is 57.7 Å². The van der Waals surface area contributed by atoms with Crippen LogP contribution in [0, 0.1) is 19.1 Å². The second kappa shape index (κ2) is 12.9. The molecule has 250 valence electrons. The Labute approximate surface area is 297 Å². The maximum atomic E-state index is 5.22. The summed E-state index contributed by atoms with van der Waals surface area (Å²) in [5, 5.41) is 10.4. The second-order valence-electron chi connectivity index (χ2n) is 16.7. The van der Waals surface area contributed by atoms with Crippen molar-refractivity contribution in [2.75, 3.05) is 4.90 Å². The standard InChI is InChI=1S/C41H51N5.Pt/c1-28-22-37(43-46(28)34-19-15-17-30(25-34)39(5,6)7)45(35-26-31(40(8,9)10)23-32(27-35)41(11,12)13)36-20-21-44(42-36)33-18-14-16-29(24-33)38(2,3)4;/h14-17,20-27H,1-13H3;/q-2;+2. The summed E-state index contributed by atoms with van der Waals surface area (Å²) >= 11 is 0. The zero-order valence-electron chi connectivity index (χ0n) is 30.5. The number of hydrogen-bond donors (Lipinski definition) is 0. The first-order valence-electron chi connectivity index (χ1n) is 16.4. The van der Waals surface area contributed by atoms with Crippen molar-refractivity contribution in [1.29, 1.82) is 0 Å². The van der Waals surface area contributed by atoms with Crippen LogP contribution in [0.15, 0.2) is 72.9 Å². The average Bonchev–Trinajstić information content (AvgIpc) is 3.59. The fourth-order valence-electron chi connectivity index (χ4n) is 5.46. The van der Waals surface area contributed by atoms with Crippen molar-refractivity contribution in [3.63, 3.8) is 0 Å². The van der Waals surface area contributed by atoms with E-state index in [4.69, 9.17) is 10.2 Å². The van der Waals surface area contributed by atoms with Gasteiger partial charge in [0.1, 0.15) is 0 Å². The smallest absolute Gasteiger partial charge is 0.276 e. The summed E-state index contributed by atoms with van der Waals surface area (Å²) in [4.78, 5) is 2.19. The summed E-state index contributed by atoms with van der Waals surface area (Å²) in [5.41, 5.74) is 8.88. The fourth-order valence-corrected chi connectivity index (χ4v) is 5.46. The van der Waals surface area contributed by atoms with E-state index in [2.05, 4.69) is 162 Å². The zero-order chi connectivity index (χ0) is 33.8. The van der Waals surface area contributed by atoms with E-state index in [-0.39, 0.29) is 42.7 Å². The van der Waals surface area contributed by atoms with Gasteiger partial charge in [-0.15, -0.1) is 12.1 Å². The Morgan fingerprint density at radius 2 is 1.04 bits per heavy atom. The largest absolute Gasteiger partial charge is 2.00 e. The Balaban J connectivity index is 0.00000500. The third-order valence-electron chi connectivity index (χ3n) is 8.60. The summed E-state index contributed by atoms with van der Waals surface area (Å²) in [6, 6.07) is 30.6. The maximum absolute atomic E-state index is 5.22. The van der Waals surface area contributed by atoms with E-state index in [0.29, 0.717) is 0 Å². The van der Waals surface area contributed by atoms with Crippen molar-refractivity contribution in [2.45, 2.75) is 112 Å². The SMILES string of the molecule is Cc1cc(N(c2cc(C(C)(C)C)cc(C(C)(C)C)c2)c2ccn(-c3[c-]ccc(C(C)(C)C)c3)n2)nn1-c1[c-]ccc(C(C)(C)C)c1.[Pt+2]. The topological polar surface area (TPSA) is 38.9 Å². The summed E-state index contributed by atoms with van der Waals surface area (Å²) in [7, 11) is 0. The van der Waals surface area contributed by atoms with E-state index in [0.717, 1.165) is 34.4 Å². The number of anilines is 3. The molecule has 6 heteroatoms. The molecule has 2 heterocycles. The molecule has 0 fully saturated rings. The van der Waals surface area contributed by atoms with Crippen LogP contribution in [0.3, 0.4) is 0 Å². The molecule has 5 rings (SSSR count). The molecule has 0 aliphatic rings. The van der Waals surface area contributed by atoms with E-state index in [9.17, 15) is 0 Å². The van der Waals surface area contributed by atoms with Crippen LogP contribution in [-0.4, -0.2) is 19.6 Å². The van der Waals surface area contributed by atoms with Crippen LogP contribution in [0.1, 0.15) is 111 Å². The maximum Gasteiger partial charge on any atom is 2.00 e. The Kier molecular flexibility index (Phi) is 9.98. The number of rotatable bonds is 5. The number of hydrogen-bond acceptors (Lipinski definition) is 3. The van der Waals surface area contributed by atoms with Gasteiger partial charge in [0.05, 0.1) is 0 Å². The molecule has 5 nitrogen and oxygen atoms in total. The van der Waals surface area contributed by atoms with Gasteiger partial charge >= 0.3 is 21.1 Å². The molecule has 2 aromatic heterocycles. The van der Waals surface area contributed by atoms with Crippen LogP contribution in [0.2, 0.25) is 0 Å². The van der Waals surface area contributed by atoms with Gasteiger partial charge in [0, 0.05) is 29.7 Å². The molecule has 0 radical (unpaired) electrons. The van der Waals surface area contributed by atoms with E-state index in [1.165, 1.54) is 22.3 Å². The minimum absolute atomic E-state index is 0. The van der Waals surface area contributed by atoms with E-state index < -0.39 is 0 Å². The van der Waals surface area contributed by atoms with Crippen molar-refractivity contribution < 1.29 is 21.1 Å². The Morgan fingerprint density at radius 3 is 1.55 bits per heavy atom. The van der Waals surface area contributed by atoms with Gasteiger partial charge in [-0.05, 0) is 63.2 Å². The molecule has 0 bridgehead atoms. The molecule has 0 aliphatic heterocycles. The van der Waals surface area contributed by atoms with Crippen molar-refractivity contribution >= 4 is 17.3 Å². The quantitative estimate of drug-likeness (QED) is 0.166. The first-order valence-corrected chi connectivity index (χ1v) is 16.4. The van der Waals surface area contributed by atoms with Gasteiger partial charge in [-0.1, -0.05) is 89.2 Å². The average molecular weight is 809 g/mol. The minimum Gasteiger partial charge on any atom is -0.276 e. The Morgan fingerprint density at radius 1 is 0.553 bits per heavy atom. The van der Waals surface area contributed by atoms with Crippen LogP contribution >= 0.6 is 0 Å². The third kappa shape index (κ3) is 8.00. The molecular formula is C41H51N5Pt.